The Bertz CT molecular complexity index is 931. The summed E-state index contributed by atoms with van der Waals surface area (Å²) in [6.07, 6.45) is 0. The minimum atomic E-state index is -0.552. The highest BCUT2D eigenvalue weighted by Gasteiger charge is 2.19. The van der Waals surface area contributed by atoms with Crippen LogP contribution < -0.4 is 11.1 Å². The second-order valence-electron chi connectivity index (χ2n) is 6.69. The molecule has 4 nitrogen and oxygen atoms in total. The van der Waals surface area contributed by atoms with Gasteiger partial charge in [-0.15, -0.1) is 11.3 Å². The van der Waals surface area contributed by atoms with Gasteiger partial charge in [0.15, 0.2) is 0 Å². The molecule has 1 unspecified atom stereocenters. The van der Waals surface area contributed by atoms with Gasteiger partial charge < -0.3 is 11.1 Å². The first kappa shape index (κ1) is 18.9. The zero-order valence-electron chi connectivity index (χ0n) is 15.3. The van der Waals surface area contributed by atoms with Crippen LogP contribution in [0.1, 0.15) is 62.5 Å². The Balaban J connectivity index is 1.89. The number of hydrogen-bond donors (Lipinski definition) is 2. The number of thiophene rings is 1. The molecule has 1 heterocycles. The number of primary amides is 1. The second kappa shape index (κ2) is 8.18. The zero-order valence-corrected chi connectivity index (χ0v) is 16.1. The van der Waals surface area contributed by atoms with Crippen molar-refractivity contribution in [2.75, 3.05) is 0 Å². The Hall–Kier alpha value is -2.92. The third-order valence-corrected chi connectivity index (χ3v) is 5.39. The lowest BCUT2D eigenvalue weighted by Crippen LogP contribution is -2.29. The molecule has 3 aromatic rings. The number of nitrogens with two attached hydrogens (primary N) is 1. The standard InChI is InChI=1S/C22H22N2O2S/c1-14(2)15-8-10-16(11-9-15)20(19-7-4-12-27-19)24-22(26)18-6-3-5-17(13-18)21(23)25/h3-14,20H,1-2H3,(H2,23,25)(H,24,26). The van der Waals surface area contributed by atoms with Crippen molar-refractivity contribution in [2.24, 2.45) is 5.73 Å². The normalized spacial score (nSPS) is 12.0. The van der Waals surface area contributed by atoms with E-state index in [1.54, 1.807) is 29.5 Å². The Kier molecular flexibility index (Phi) is 5.72. The molecule has 0 radical (unpaired) electrons. The molecule has 2 aromatic carbocycles. The van der Waals surface area contributed by atoms with Crippen molar-refractivity contribution < 1.29 is 9.59 Å². The molecule has 27 heavy (non-hydrogen) atoms. The fourth-order valence-corrected chi connectivity index (χ4v) is 3.68. The highest BCUT2D eigenvalue weighted by Crippen LogP contribution is 2.28. The molecule has 1 atom stereocenters. The average Bonchev–Trinajstić information content (AvgIpc) is 3.20. The lowest BCUT2D eigenvalue weighted by Gasteiger charge is -2.19. The lowest BCUT2D eigenvalue weighted by atomic mass is 9.98. The van der Waals surface area contributed by atoms with Gasteiger partial charge in [-0.1, -0.05) is 50.2 Å². The van der Waals surface area contributed by atoms with Gasteiger partial charge in [-0.05, 0) is 46.7 Å². The van der Waals surface area contributed by atoms with E-state index in [1.807, 2.05) is 17.5 Å². The third kappa shape index (κ3) is 4.44. The Morgan fingerprint density at radius 1 is 0.926 bits per heavy atom. The summed E-state index contributed by atoms with van der Waals surface area (Å²) in [5.74, 6) is -0.349. The molecule has 0 aliphatic rings. The number of hydrogen-bond acceptors (Lipinski definition) is 3. The molecule has 3 rings (SSSR count). The number of rotatable bonds is 6. The van der Waals surface area contributed by atoms with E-state index in [9.17, 15) is 9.59 Å². The van der Waals surface area contributed by atoms with Crippen LogP contribution in [0.4, 0.5) is 0 Å². The number of nitrogens with one attached hydrogen (secondary N) is 1. The second-order valence-corrected chi connectivity index (χ2v) is 7.67. The smallest absolute Gasteiger partial charge is 0.252 e. The first-order chi connectivity index (χ1) is 13.0. The molecule has 1 aromatic heterocycles. The predicted octanol–water partition coefficient (Wildman–Crippen LogP) is 4.49. The van der Waals surface area contributed by atoms with Crippen molar-refractivity contribution in [3.8, 4) is 0 Å². The minimum Gasteiger partial charge on any atom is -0.366 e. The summed E-state index contributed by atoms with van der Waals surface area (Å²) in [4.78, 5) is 25.2. The molecule has 0 saturated carbocycles. The van der Waals surface area contributed by atoms with Gasteiger partial charge in [-0.25, -0.2) is 0 Å². The molecule has 138 valence electrons. The van der Waals surface area contributed by atoms with Gasteiger partial charge in [0, 0.05) is 16.0 Å². The molecule has 0 aliphatic carbocycles. The Morgan fingerprint density at radius 3 is 2.19 bits per heavy atom. The maximum Gasteiger partial charge on any atom is 0.252 e. The first-order valence-corrected chi connectivity index (χ1v) is 9.67. The van der Waals surface area contributed by atoms with Crippen LogP contribution in [-0.2, 0) is 0 Å². The Labute approximate surface area is 163 Å². The highest BCUT2D eigenvalue weighted by molar-refractivity contribution is 7.10. The maximum absolute atomic E-state index is 12.8. The largest absolute Gasteiger partial charge is 0.366 e. The topological polar surface area (TPSA) is 72.2 Å². The van der Waals surface area contributed by atoms with E-state index in [4.69, 9.17) is 5.73 Å². The average molecular weight is 378 g/mol. The fraction of sp³-hybridized carbons (Fsp3) is 0.182. The summed E-state index contributed by atoms with van der Waals surface area (Å²) in [6, 6.07) is 18.5. The van der Waals surface area contributed by atoms with Crippen LogP contribution >= 0.6 is 11.3 Å². The predicted molar refractivity (Wildman–Crippen MR) is 109 cm³/mol. The molecular weight excluding hydrogens is 356 g/mol. The van der Waals surface area contributed by atoms with Crippen LogP contribution in [0, 0.1) is 0 Å². The van der Waals surface area contributed by atoms with Crippen molar-refractivity contribution >= 4 is 23.2 Å². The Morgan fingerprint density at radius 2 is 1.59 bits per heavy atom. The van der Waals surface area contributed by atoms with E-state index < -0.39 is 5.91 Å². The highest BCUT2D eigenvalue weighted by atomic mass is 32.1. The van der Waals surface area contributed by atoms with Gasteiger partial charge in [0.1, 0.15) is 0 Å². The first-order valence-electron chi connectivity index (χ1n) is 8.79. The van der Waals surface area contributed by atoms with Gasteiger partial charge in [-0.3, -0.25) is 9.59 Å². The summed E-state index contributed by atoms with van der Waals surface area (Å²) in [7, 11) is 0. The molecule has 0 bridgehead atoms. The van der Waals surface area contributed by atoms with Crippen molar-refractivity contribution in [2.45, 2.75) is 25.8 Å². The number of benzene rings is 2. The molecule has 0 aliphatic heterocycles. The van der Waals surface area contributed by atoms with Crippen molar-refractivity contribution in [1.82, 2.24) is 5.32 Å². The monoisotopic (exact) mass is 378 g/mol. The fourth-order valence-electron chi connectivity index (χ4n) is 2.88. The number of carbonyl (C=O) groups is 2. The van der Waals surface area contributed by atoms with Crippen molar-refractivity contribution in [3.05, 3.63) is 93.2 Å². The molecule has 0 saturated heterocycles. The third-order valence-electron chi connectivity index (χ3n) is 4.45. The van der Waals surface area contributed by atoms with E-state index in [1.165, 1.54) is 11.6 Å². The maximum atomic E-state index is 12.8. The molecule has 2 amide bonds. The van der Waals surface area contributed by atoms with E-state index in [0.717, 1.165) is 10.4 Å². The van der Waals surface area contributed by atoms with E-state index in [-0.39, 0.29) is 11.9 Å². The van der Waals surface area contributed by atoms with Crippen LogP contribution in [0.15, 0.2) is 66.0 Å². The van der Waals surface area contributed by atoms with Gasteiger partial charge in [0.2, 0.25) is 5.91 Å². The molecule has 3 N–H and O–H groups in total. The quantitative estimate of drug-likeness (QED) is 0.663. The number of amides is 2. The van der Waals surface area contributed by atoms with Crippen LogP contribution in [-0.4, -0.2) is 11.8 Å². The zero-order chi connectivity index (χ0) is 19.4. The molecule has 0 fully saturated rings. The van der Waals surface area contributed by atoms with Crippen LogP contribution in [0.3, 0.4) is 0 Å². The summed E-state index contributed by atoms with van der Waals surface area (Å²) in [6.45, 7) is 4.30. The summed E-state index contributed by atoms with van der Waals surface area (Å²) < 4.78 is 0. The summed E-state index contributed by atoms with van der Waals surface area (Å²) in [5, 5.41) is 5.08. The van der Waals surface area contributed by atoms with E-state index in [0.29, 0.717) is 17.0 Å². The van der Waals surface area contributed by atoms with E-state index >= 15 is 0 Å². The summed E-state index contributed by atoms with van der Waals surface area (Å²) >= 11 is 1.59. The van der Waals surface area contributed by atoms with Gasteiger partial charge in [0.05, 0.1) is 6.04 Å². The van der Waals surface area contributed by atoms with Crippen LogP contribution in [0.2, 0.25) is 0 Å². The van der Waals surface area contributed by atoms with Crippen molar-refractivity contribution in [3.63, 3.8) is 0 Å². The minimum absolute atomic E-state index is 0.246. The SMILES string of the molecule is CC(C)c1ccc(C(NC(=O)c2cccc(C(N)=O)c2)c2cccs2)cc1. The van der Waals surface area contributed by atoms with Crippen molar-refractivity contribution in [1.29, 1.82) is 0 Å². The molecular formula is C22H22N2O2S. The van der Waals surface area contributed by atoms with Crippen LogP contribution in [0.25, 0.3) is 0 Å². The molecule has 0 spiro atoms. The lowest BCUT2D eigenvalue weighted by molar-refractivity contribution is 0.0943. The van der Waals surface area contributed by atoms with Gasteiger partial charge in [-0.2, -0.15) is 0 Å². The van der Waals surface area contributed by atoms with Gasteiger partial charge >= 0.3 is 0 Å². The summed E-state index contributed by atoms with van der Waals surface area (Å²) in [5.41, 5.74) is 8.32. The van der Waals surface area contributed by atoms with E-state index in [2.05, 4.69) is 43.4 Å². The number of carbonyl (C=O) groups excluding carboxylic acids is 2. The molecule has 5 heteroatoms. The van der Waals surface area contributed by atoms with Crippen LogP contribution in [0.5, 0.6) is 0 Å². The van der Waals surface area contributed by atoms with Gasteiger partial charge in [0.25, 0.3) is 5.91 Å².